The standard InChI is InChI=1S/C15H19NO4/c1-16(2)11-7-5-10(6-8-11)12-9-15(12,13(17)19-3)14(18)20-4/h5-8,12H,9H2,1-4H3. The first-order valence-corrected chi connectivity index (χ1v) is 6.41. The van der Waals surface area contributed by atoms with Crippen LogP contribution in [0.15, 0.2) is 24.3 Å². The average Bonchev–Trinajstić information content (AvgIpc) is 3.22. The molecule has 0 spiro atoms. The summed E-state index contributed by atoms with van der Waals surface area (Å²) < 4.78 is 9.53. The number of rotatable bonds is 4. The number of benzene rings is 1. The van der Waals surface area contributed by atoms with Gasteiger partial charge < -0.3 is 14.4 Å². The Morgan fingerprint density at radius 2 is 1.60 bits per heavy atom. The second kappa shape index (κ2) is 5.15. The molecule has 0 bridgehead atoms. The number of carbonyl (C=O) groups is 2. The van der Waals surface area contributed by atoms with Crippen LogP contribution in [0.5, 0.6) is 0 Å². The van der Waals surface area contributed by atoms with Gasteiger partial charge in [-0.05, 0) is 24.1 Å². The lowest BCUT2D eigenvalue weighted by Gasteiger charge is -2.14. The van der Waals surface area contributed by atoms with E-state index in [1.165, 1.54) is 14.2 Å². The Morgan fingerprint density at radius 3 is 2.00 bits per heavy atom. The van der Waals surface area contributed by atoms with Gasteiger partial charge in [-0.25, -0.2) is 0 Å². The van der Waals surface area contributed by atoms with Crippen molar-refractivity contribution in [3.05, 3.63) is 29.8 Å². The van der Waals surface area contributed by atoms with Crippen molar-refractivity contribution in [2.45, 2.75) is 12.3 Å². The van der Waals surface area contributed by atoms with Crippen LogP contribution in [0, 0.1) is 5.41 Å². The summed E-state index contributed by atoms with van der Waals surface area (Å²) >= 11 is 0. The third-order valence-corrected chi connectivity index (χ3v) is 3.87. The van der Waals surface area contributed by atoms with Gasteiger partial charge in [0.2, 0.25) is 0 Å². The van der Waals surface area contributed by atoms with Gasteiger partial charge in [0.05, 0.1) is 14.2 Å². The summed E-state index contributed by atoms with van der Waals surface area (Å²) in [6.45, 7) is 0. The van der Waals surface area contributed by atoms with Gasteiger partial charge in [0.1, 0.15) is 0 Å². The van der Waals surface area contributed by atoms with Crippen LogP contribution in [0.3, 0.4) is 0 Å². The summed E-state index contributed by atoms with van der Waals surface area (Å²) in [5.41, 5.74) is 0.853. The van der Waals surface area contributed by atoms with Gasteiger partial charge in [-0.1, -0.05) is 12.1 Å². The van der Waals surface area contributed by atoms with Crippen LogP contribution >= 0.6 is 0 Å². The number of hydrogen-bond acceptors (Lipinski definition) is 5. The number of anilines is 1. The quantitative estimate of drug-likeness (QED) is 0.617. The smallest absolute Gasteiger partial charge is 0.323 e. The molecule has 0 radical (unpaired) electrons. The molecule has 0 aromatic heterocycles. The van der Waals surface area contributed by atoms with Gasteiger partial charge in [0.15, 0.2) is 5.41 Å². The Morgan fingerprint density at radius 1 is 1.10 bits per heavy atom. The van der Waals surface area contributed by atoms with Gasteiger partial charge in [-0.3, -0.25) is 9.59 Å². The van der Waals surface area contributed by atoms with Crippen molar-refractivity contribution in [1.29, 1.82) is 0 Å². The molecule has 1 unspecified atom stereocenters. The lowest BCUT2D eigenvalue weighted by molar-refractivity contribution is -0.161. The highest BCUT2D eigenvalue weighted by Gasteiger charge is 2.68. The van der Waals surface area contributed by atoms with E-state index in [2.05, 4.69) is 0 Å². The van der Waals surface area contributed by atoms with Crippen LogP contribution in [0.4, 0.5) is 5.69 Å². The van der Waals surface area contributed by atoms with Crippen molar-refractivity contribution in [1.82, 2.24) is 0 Å². The van der Waals surface area contributed by atoms with Crippen LogP contribution in [-0.4, -0.2) is 40.3 Å². The zero-order valence-electron chi connectivity index (χ0n) is 12.2. The number of esters is 2. The van der Waals surface area contributed by atoms with Crippen LogP contribution in [-0.2, 0) is 19.1 Å². The van der Waals surface area contributed by atoms with Crippen LogP contribution in [0.1, 0.15) is 17.9 Å². The van der Waals surface area contributed by atoms with E-state index in [-0.39, 0.29) is 5.92 Å². The fraction of sp³-hybridized carbons (Fsp3) is 0.467. The Bertz CT molecular complexity index is 505. The minimum Gasteiger partial charge on any atom is -0.468 e. The van der Waals surface area contributed by atoms with Crippen molar-refractivity contribution in [2.24, 2.45) is 5.41 Å². The zero-order valence-corrected chi connectivity index (χ0v) is 12.2. The lowest BCUT2D eigenvalue weighted by Crippen LogP contribution is -2.30. The van der Waals surface area contributed by atoms with Crippen molar-refractivity contribution in [3.8, 4) is 0 Å². The largest absolute Gasteiger partial charge is 0.468 e. The molecule has 2 rings (SSSR count). The van der Waals surface area contributed by atoms with E-state index < -0.39 is 17.4 Å². The van der Waals surface area contributed by atoms with Gasteiger partial charge in [-0.2, -0.15) is 0 Å². The first-order chi connectivity index (χ1) is 9.47. The first kappa shape index (κ1) is 14.4. The van der Waals surface area contributed by atoms with Crippen LogP contribution in [0.2, 0.25) is 0 Å². The highest BCUT2D eigenvalue weighted by molar-refractivity contribution is 6.05. The first-order valence-electron chi connectivity index (χ1n) is 6.41. The van der Waals surface area contributed by atoms with E-state index in [4.69, 9.17) is 9.47 Å². The molecular formula is C15H19NO4. The fourth-order valence-corrected chi connectivity index (χ4v) is 2.57. The molecule has 20 heavy (non-hydrogen) atoms. The summed E-state index contributed by atoms with van der Waals surface area (Å²) in [6, 6.07) is 7.81. The molecule has 1 aromatic rings. The summed E-state index contributed by atoms with van der Waals surface area (Å²) in [6.07, 6.45) is 0.438. The summed E-state index contributed by atoms with van der Waals surface area (Å²) in [5, 5.41) is 0. The van der Waals surface area contributed by atoms with E-state index in [9.17, 15) is 9.59 Å². The number of hydrogen-bond donors (Lipinski definition) is 0. The Kier molecular flexibility index (Phi) is 3.70. The molecule has 108 valence electrons. The maximum atomic E-state index is 11.9. The molecule has 1 saturated carbocycles. The summed E-state index contributed by atoms with van der Waals surface area (Å²) in [5.74, 6) is -1.21. The SMILES string of the molecule is COC(=O)C1(C(=O)OC)CC1c1ccc(N(C)C)cc1. The second-order valence-corrected chi connectivity index (χ2v) is 5.20. The van der Waals surface area contributed by atoms with E-state index in [1.54, 1.807) is 0 Å². The zero-order chi connectivity index (χ0) is 14.9. The van der Waals surface area contributed by atoms with Gasteiger partial charge in [0.25, 0.3) is 0 Å². The maximum absolute atomic E-state index is 11.9. The number of ether oxygens (including phenoxy) is 2. The molecule has 1 aromatic carbocycles. The predicted molar refractivity (Wildman–Crippen MR) is 74.6 cm³/mol. The highest BCUT2D eigenvalue weighted by atomic mass is 16.5. The van der Waals surface area contributed by atoms with Crippen LogP contribution < -0.4 is 4.90 Å². The minimum atomic E-state index is -1.16. The Balaban J connectivity index is 2.26. The third kappa shape index (κ3) is 2.13. The van der Waals surface area contributed by atoms with Crippen LogP contribution in [0.25, 0.3) is 0 Å². The molecule has 5 nitrogen and oxygen atoms in total. The number of methoxy groups -OCH3 is 2. The lowest BCUT2D eigenvalue weighted by atomic mass is 9.99. The molecule has 0 amide bonds. The molecule has 1 atom stereocenters. The molecule has 0 saturated heterocycles. The predicted octanol–water partition coefficient (Wildman–Crippen LogP) is 1.57. The molecule has 0 aliphatic heterocycles. The Labute approximate surface area is 118 Å². The average molecular weight is 277 g/mol. The fourth-order valence-electron chi connectivity index (χ4n) is 2.57. The molecular weight excluding hydrogens is 258 g/mol. The Hall–Kier alpha value is -2.04. The summed E-state index contributed by atoms with van der Waals surface area (Å²) in [7, 11) is 6.49. The molecule has 1 fully saturated rings. The van der Waals surface area contributed by atoms with Gasteiger partial charge in [0, 0.05) is 25.7 Å². The number of carbonyl (C=O) groups excluding carboxylic acids is 2. The van der Waals surface area contributed by atoms with Crippen molar-refractivity contribution < 1.29 is 19.1 Å². The topological polar surface area (TPSA) is 55.8 Å². The molecule has 1 aliphatic rings. The maximum Gasteiger partial charge on any atom is 0.323 e. The number of nitrogens with zero attached hydrogens (tertiary/aromatic N) is 1. The van der Waals surface area contributed by atoms with E-state index in [1.807, 2.05) is 43.3 Å². The molecule has 0 N–H and O–H groups in total. The highest BCUT2D eigenvalue weighted by Crippen LogP contribution is 2.60. The monoisotopic (exact) mass is 277 g/mol. The third-order valence-electron chi connectivity index (χ3n) is 3.87. The van der Waals surface area contributed by atoms with E-state index in [0.717, 1.165) is 11.3 Å². The van der Waals surface area contributed by atoms with E-state index >= 15 is 0 Å². The van der Waals surface area contributed by atoms with Crippen molar-refractivity contribution in [2.75, 3.05) is 33.2 Å². The minimum absolute atomic E-state index is 0.168. The molecule has 5 heteroatoms. The normalized spacial score (nSPS) is 19.1. The summed E-state index contributed by atoms with van der Waals surface area (Å²) in [4.78, 5) is 25.8. The molecule has 0 heterocycles. The van der Waals surface area contributed by atoms with Gasteiger partial charge >= 0.3 is 11.9 Å². The second-order valence-electron chi connectivity index (χ2n) is 5.20. The van der Waals surface area contributed by atoms with Crippen molar-refractivity contribution >= 4 is 17.6 Å². The van der Waals surface area contributed by atoms with Crippen molar-refractivity contribution in [3.63, 3.8) is 0 Å². The van der Waals surface area contributed by atoms with E-state index in [0.29, 0.717) is 6.42 Å². The molecule has 1 aliphatic carbocycles. The van der Waals surface area contributed by atoms with Gasteiger partial charge in [-0.15, -0.1) is 0 Å².